The maximum Gasteiger partial charge on any atom is 0.252 e. The van der Waals surface area contributed by atoms with E-state index in [-0.39, 0.29) is 6.71 Å². The van der Waals surface area contributed by atoms with Crippen molar-refractivity contribution in [3.63, 3.8) is 0 Å². The van der Waals surface area contributed by atoms with Gasteiger partial charge in [0.2, 0.25) is 0 Å². The first-order chi connectivity index (χ1) is 30.1. The zero-order chi connectivity index (χ0) is 40.1. The average molecular weight is 789 g/mol. The molecule has 7 aromatic carbocycles. The molecule has 6 aliphatic carbocycles. The SMILES string of the molecule is c1ccc(-c2ccc(N3c4ccc(-c5ccccc5)cc4B4c5ccc(C67CCC(CC6)CC7)cc5N(c5cccc(C67CCC(CC6)CC7)c5)c5cccc3c54)cc2)cc1. The number of fused-ring (bicyclic) bond motifs is 10. The Bertz CT molecular complexity index is 2770. The quantitative estimate of drug-likeness (QED) is 0.155. The van der Waals surface area contributed by atoms with Crippen LogP contribution >= 0.6 is 0 Å². The van der Waals surface area contributed by atoms with E-state index in [0.717, 1.165) is 11.8 Å². The van der Waals surface area contributed by atoms with Gasteiger partial charge < -0.3 is 9.80 Å². The van der Waals surface area contributed by atoms with Crippen molar-refractivity contribution < 1.29 is 0 Å². The summed E-state index contributed by atoms with van der Waals surface area (Å²) in [4.78, 5) is 5.26. The van der Waals surface area contributed by atoms with Crippen molar-refractivity contribution in [2.24, 2.45) is 11.8 Å². The fourth-order valence-electron chi connectivity index (χ4n) is 13.4. The zero-order valence-electron chi connectivity index (χ0n) is 35.2. The Balaban J connectivity index is 1.04. The van der Waals surface area contributed by atoms with Gasteiger partial charge in [-0.3, -0.25) is 0 Å². The van der Waals surface area contributed by atoms with E-state index in [4.69, 9.17) is 0 Å². The van der Waals surface area contributed by atoms with Crippen LogP contribution in [0.3, 0.4) is 0 Å². The molecule has 0 spiro atoms. The van der Waals surface area contributed by atoms with E-state index in [1.54, 1.807) is 11.1 Å². The monoisotopic (exact) mass is 788 g/mol. The molecule has 0 N–H and O–H groups in total. The topological polar surface area (TPSA) is 6.48 Å². The van der Waals surface area contributed by atoms with Crippen LogP contribution in [0.15, 0.2) is 164 Å². The molecule has 61 heavy (non-hydrogen) atoms. The molecule has 2 aliphatic heterocycles. The molecule has 0 radical (unpaired) electrons. The van der Waals surface area contributed by atoms with Crippen molar-refractivity contribution in [2.45, 2.75) is 87.9 Å². The third kappa shape index (κ3) is 5.61. The molecule has 6 fully saturated rings. The molecule has 0 saturated heterocycles. The first-order valence-corrected chi connectivity index (χ1v) is 23.5. The van der Waals surface area contributed by atoms with Crippen LogP contribution in [-0.2, 0) is 10.8 Å². The molecule has 8 aliphatic rings. The zero-order valence-corrected chi connectivity index (χ0v) is 35.2. The Morgan fingerprint density at radius 1 is 0.361 bits per heavy atom. The molecule has 0 aromatic heterocycles. The van der Waals surface area contributed by atoms with E-state index in [2.05, 4.69) is 174 Å². The molecule has 0 amide bonds. The van der Waals surface area contributed by atoms with Crippen LogP contribution in [0.5, 0.6) is 0 Å². The Hall–Kier alpha value is -5.80. The Morgan fingerprint density at radius 2 is 0.885 bits per heavy atom. The number of rotatable bonds is 6. The molecule has 298 valence electrons. The second-order valence-corrected chi connectivity index (χ2v) is 19.7. The predicted octanol–water partition coefficient (Wildman–Crippen LogP) is 13.5. The lowest BCUT2D eigenvalue weighted by Gasteiger charge is -2.49. The summed E-state index contributed by atoms with van der Waals surface area (Å²) in [6.45, 7) is 0.0972. The highest BCUT2D eigenvalue weighted by Gasteiger charge is 2.47. The molecule has 2 heterocycles. The number of hydrogen-bond acceptors (Lipinski definition) is 2. The summed E-state index contributed by atoms with van der Waals surface area (Å²) >= 11 is 0. The summed E-state index contributed by atoms with van der Waals surface area (Å²) in [6, 6.07) is 63.2. The van der Waals surface area contributed by atoms with E-state index in [1.807, 2.05) is 0 Å². The maximum atomic E-state index is 2.70. The van der Waals surface area contributed by atoms with Gasteiger partial charge in [0, 0.05) is 34.1 Å². The van der Waals surface area contributed by atoms with Gasteiger partial charge in [0.25, 0.3) is 6.71 Å². The average Bonchev–Trinajstić information content (AvgIpc) is 3.35. The lowest BCUT2D eigenvalue weighted by Crippen LogP contribution is -2.61. The van der Waals surface area contributed by atoms with E-state index < -0.39 is 0 Å². The lowest BCUT2D eigenvalue weighted by molar-refractivity contribution is 0.136. The molecule has 3 heteroatoms. The number of hydrogen-bond donors (Lipinski definition) is 0. The first kappa shape index (κ1) is 35.9. The molecule has 7 aromatic rings. The maximum absolute atomic E-state index is 2.70. The Kier molecular flexibility index (Phi) is 8.16. The van der Waals surface area contributed by atoms with E-state index >= 15 is 0 Å². The van der Waals surface area contributed by atoms with Crippen molar-refractivity contribution in [3.05, 3.63) is 175 Å². The summed E-state index contributed by atoms with van der Waals surface area (Å²) in [6.07, 6.45) is 16.4. The van der Waals surface area contributed by atoms with Crippen LogP contribution in [0, 0.1) is 11.8 Å². The van der Waals surface area contributed by atoms with Crippen LogP contribution in [0.2, 0.25) is 0 Å². The van der Waals surface area contributed by atoms with Gasteiger partial charge in [0.15, 0.2) is 0 Å². The van der Waals surface area contributed by atoms with E-state index in [9.17, 15) is 0 Å². The van der Waals surface area contributed by atoms with Gasteiger partial charge in [-0.25, -0.2) is 0 Å². The van der Waals surface area contributed by atoms with Crippen molar-refractivity contribution in [3.8, 4) is 22.3 Å². The summed E-state index contributed by atoms with van der Waals surface area (Å²) in [5.74, 6) is 1.88. The molecular weight excluding hydrogens is 735 g/mol. The van der Waals surface area contributed by atoms with Gasteiger partial charge in [-0.2, -0.15) is 0 Å². The van der Waals surface area contributed by atoms with Crippen molar-refractivity contribution in [1.82, 2.24) is 0 Å². The molecule has 4 bridgehead atoms. The second kappa shape index (κ2) is 13.9. The second-order valence-electron chi connectivity index (χ2n) is 19.7. The van der Waals surface area contributed by atoms with Gasteiger partial charge >= 0.3 is 0 Å². The molecule has 15 rings (SSSR count). The number of benzene rings is 7. The van der Waals surface area contributed by atoms with E-state index in [0.29, 0.717) is 10.8 Å². The number of nitrogens with zero attached hydrogens (tertiary/aromatic N) is 2. The van der Waals surface area contributed by atoms with Gasteiger partial charge in [0.1, 0.15) is 0 Å². The Labute approximate surface area is 362 Å². The minimum atomic E-state index is 0.0972. The molecule has 6 saturated carbocycles. The third-order valence-electron chi connectivity index (χ3n) is 16.8. The summed E-state index contributed by atoms with van der Waals surface area (Å²) in [7, 11) is 0. The largest absolute Gasteiger partial charge is 0.311 e. The van der Waals surface area contributed by atoms with Crippen molar-refractivity contribution in [2.75, 3.05) is 9.80 Å². The highest BCUT2D eigenvalue weighted by atomic mass is 15.2. The standard InChI is InChI=1S/C58H53BN2/c1-3-9-42(10-4-1)44-17-21-48(22-18-44)60-52-24-19-45(43-11-5-2-6-12-43)37-51(52)59-50-23-20-47(58-34-28-41(29-35-58)30-36-58)39-55(50)61(54-16-8-15-53(60)56(54)59)49-14-7-13-46(38-49)57-31-25-40(26-32-57)27-33-57/h1-24,37-41H,25-36H2. The highest BCUT2D eigenvalue weighted by Crippen LogP contribution is 2.55. The normalized spacial score (nSPS) is 24.3. The van der Waals surface area contributed by atoms with Gasteiger partial charge in [-0.05, 0) is 198 Å². The predicted molar refractivity (Wildman–Crippen MR) is 257 cm³/mol. The van der Waals surface area contributed by atoms with Gasteiger partial charge in [-0.1, -0.05) is 115 Å². The van der Waals surface area contributed by atoms with Gasteiger partial charge in [0.05, 0.1) is 0 Å². The lowest BCUT2D eigenvalue weighted by atomic mass is 9.33. The van der Waals surface area contributed by atoms with Crippen LogP contribution < -0.4 is 26.2 Å². The van der Waals surface area contributed by atoms with Gasteiger partial charge in [-0.15, -0.1) is 0 Å². The summed E-state index contributed by atoms with van der Waals surface area (Å²) in [5.41, 5.74) is 20.7. The van der Waals surface area contributed by atoms with Crippen LogP contribution in [0.1, 0.15) is 88.2 Å². The van der Waals surface area contributed by atoms with Crippen LogP contribution in [0.25, 0.3) is 22.3 Å². The van der Waals surface area contributed by atoms with Crippen molar-refractivity contribution in [1.29, 1.82) is 0 Å². The minimum absolute atomic E-state index is 0.0972. The smallest absolute Gasteiger partial charge is 0.252 e. The molecule has 0 unspecified atom stereocenters. The first-order valence-electron chi connectivity index (χ1n) is 23.5. The fraction of sp³-hybridized carbons (Fsp3) is 0.276. The Morgan fingerprint density at radius 3 is 1.51 bits per heavy atom. The summed E-state index contributed by atoms with van der Waals surface area (Å²) in [5, 5.41) is 0. The summed E-state index contributed by atoms with van der Waals surface area (Å²) < 4.78 is 0. The molecular formula is C58H53BN2. The van der Waals surface area contributed by atoms with Crippen LogP contribution in [0.4, 0.5) is 34.1 Å². The third-order valence-corrected chi connectivity index (χ3v) is 16.8. The van der Waals surface area contributed by atoms with Crippen LogP contribution in [-0.4, -0.2) is 6.71 Å². The van der Waals surface area contributed by atoms with Crippen molar-refractivity contribution >= 4 is 57.2 Å². The fourth-order valence-corrected chi connectivity index (χ4v) is 13.4. The molecule has 0 atom stereocenters. The molecule has 2 nitrogen and oxygen atoms in total. The van der Waals surface area contributed by atoms with E-state index in [1.165, 1.54) is 150 Å². The highest BCUT2D eigenvalue weighted by molar-refractivity contribution is 7.00. The number of anilines is 6. The minimum Gasteiger partial charge on any atom is -0.311 e.